The maximum Gasteiger partial charge on any atom is 1.00 e. The molecule has 1 rings (SSSR count). The molecule has 4 heteroatoms. The summed E-state index contributed by atoms with van der Waals surface area (Å²) in [5, 5.41) is 9.99. The van der Waals surface area contributed by atoms with Gasteiger partial charge in [-0.05, 0) is 0 Å². The van der Waals surface area contributed by atoms with Crippen molar-refractivity contribution < 1.29 is 23.8 Å². The Hall–Kier alpha value is -0.783. The summed E-state index contributed by atoms with van der Waals surface area (Å²) in [5.74, 6) is 0. The van der Waals surface area contributed by atoms with Crippen molar-refractivity contribution in [3.8, 4) is 0 Å². The normalized spacial score (nSPS) is 8.00. The first-order valence-electron chi connectivity index (χ1n) is 2.41. The van der Waals surface area contributed by atoms with Crippen LogP contribution in [0.1, 0.15) is 0 Å². The van der Waals surface area contributed by atoms with Gasteiger partial charge in [-0.3, -0.25) is 10.1 Å². The molecule has 0 amide bonds. The third-order valence-electron chi connectivity index (χ3n) is 0.911. The maximum absolute atomic E-state index is 9.99. The van der Waals surface area contributed by atoms with E-state index in [0.717, 1.165) is 0 Å². The fraction of sp³-hybridized carbons (Fsp3) is 0. The van der Waals surface area contributed by atoms with Crippen LogP contribution >= 0.6 is 0 Å². The van der Waals surface area contributed by atoms with E-state index in [-0.39, 0.29) is 24.5 Å². The molecule has 0 spiro atoms. The predicted molar refractivity (Wildman–Crippen MR) is 31.9 cm³/mol. The van der Waals surface area contributed by atoms with Gasteiger partial charge in [0.2, 0.25) is 0 Å². The van der Waals surface area contributed by atoms with Crippen molar-refractivity contribution in [2.75, 3.05) is 0 Å². The van der Waals surface area contributed by atoms with E-state index in [1.54, 1.807) is 0 Å². The van der Waals surface area contributed by atoms with Gasteiger partial charge in [-0.25, -0.2) is 0 Å². The second-order valence-corrected chi connectivity index (χ2v) is 1.52. The maximum atomic E-state index is 9.99. The van der Waals surface area contributed by atoms with Crippen molar-refractivity contribution in [2.45, 2.75) is 0 Å². The van der Waals surface area contributed by atoms with Gasteiger partial charge in [0, 0.05) is 4.92 Å². The molecule has 0 aliphatic rings. The van der Waals surface area contributed by atoms with Crippen LogP contribution in [0, 0.1) is 16.2 Å². The topological polar surface area (TPSA) is 43.1 Å². The number of nitrogens with zero attached hydrogens (tertiary/aromatic N) is 1. The average molecular weight is 129 g/mol. The molecular formula is C6H4LiNO2. The molecule has 46 valence electrons. The first-order chi connectivity index (χ1) is 4.30. The van der Waals surface area contributed by atoms with Crippen molar-refractivity contribution in [1.82, 2.24) is 0 Å². The molecule has 10 heavy (non-hydrogen) atoms. The summed E-state index contributed by atoms with van der Waals surface area (Å²) in [6, 6.07) is 8.51. The Morgan fingerprint density at radius 1 is 1.40 bits per heavy atom. The van der Waals surface area contributed by atoms with Gasteiger partial charge >= 0.3 is 18.9 Å². The van der Waals surface area contributed by atoms with E-state index in [1.807, 2.05) is 0 Å². The van der Waals surface area contributed by atoms with E-state index in [1.165, 1.54) is 24.3 Å². The number of nitro benzene ring substituents is 1. The largest absolute Gasteiger partial charge is 1.00 e. The molecule has 0 fully saturated rings. The number of benzene rings is 1. The number of non-ortho nitro benzene ring substituents is 1. The van der Waals surface area contributed by atoms with Crippen LogP contribution < -0.4 is 18.9 Å². The summed E-state index contributed by atoms with van der Waals surface area (Å²) < 4.78 is 0. The summed E-state index contributed by atoms with van der Waals surface area (Å²) in [7, 11) is 0. The second-order valence-electron chi connectivity index (χ2n) is 1.52. The van der Waals surface area contributed by atoms with E-state index < -0.39 is 4.92 Å². The third-order valence-corrected chi connectivity index (χ3v) is 0.911. The molecule has 1 aromatic carbocycles. The van der Waals surface area contributed by atoms with Crippen molar-refractivity contribution in [1.29, 1.82) is 0 Å². The average Bonchev–Trinajstić information content (AvgIpc) is 1.90. The monoisotopic (exact) mass is 129 g/mol. The van der Waals surface area contributed by atoms with Crippen molar-refractivity contribution >= 4 is 5.69 Å². The Morgan fingerprint density at radius 2 is 1.90 bits per heavy atom. The summed E-state index contributed by atoms with van der Waals surface area (Å²) in [4.78, 5) is 9.56. The fourth-order valence-electron chi connectivity index (χ4n) is 0.500. The van der Waals surface area contributed by atoms with Crippen molar-refractivity contribution in [3.05, 3.63) is 40.4 Å². The Labute approximate surface area is 70.4 Å². The van der Waals surface area contributed by atoms with Crippen LogP contribution in [0.3, 0.4) is 0 Å². The van der Waals surface area contributed by atoms with E-state index in [4.69, 9.17) is 0 Å². The van der Waals surface area contributed by atoms with E-state index >= 15 is 0 Å². The van der Waals surface area contributed by atoms with Gasteiger partial charge in [0.1, 0.15) is 0 Å². The minimum atomic E-state index is -0.437. The van der Waals surface area contributed by atoms with Crippen LogP contribution in [0.4, 0.5) is 5.69 Å². The molecule has 0 heterocycles. The zero-order valence-electron chi connectivity index (χ0n) is 5.57. The summed E-state index contributed by atoms with van der Waals surface area (Å²) in [6.45, 7) is 0. The fourth-order valence-corrected chi connectivity index (χ4v) is 0.500. The van der Waals surface area contributed by atoms with Crippen molar-refractivity contribution in [2.24, 2.45) is 0 Å². The Morgan fingerprint density at radius 3 is 2.20 bits per heavy atom. The quantitative estimate of drug-likeness (QED) is 0.198. The van der Waals surface area contributed by atoms with Gasteiger partial charge in [-0.15, -0.1) is 0 Å². The van der Waals surface area contributed by atoms with Gasteiger partial charge in [0.15, 0.2) is 5.69 Å². The SMILES string of the molecule is O=[N+]([O-])c1cc[c-]cc1.[Li+]. The number of nitro groups is 1. The number of hydrogen-bond acceptors (Lipinski definition) is 2. The van der Waals surface area contributed by atoms with Crippen LogP contribution in [0.25, 0.3) is 0 Å². The zero-order chi connectivity index (χ0) is 6.69. The Balaban J connectivity index is 0.000000810. The Kier molecular flexibility index (Phi) is 3.78. The standard InChI is InChI=1S/C6H4NO2.Li/c8-7(9)6-4-2-1-3-5-6;/h2-5H;/q-1;+1. The second kappa shape index (κ2) is 4.10. The predicted octanol–water partition coefficient (Wildman–Crippen LogP) is -1.60. The first kappa shape index (κ1) is 9.22. The summed E-state index contributed by atoms with van der Waals surface area (Å²) in [6.07, 6.45) is 0. The molecule has 0 atom stereocenters. The molecule has 0 saturated carbocycles. The number of hydrogen-bond donors (Lipinski definition) is 0. The smallest absolute Gasteiger partial charge is 0.260 e. The van der Waals surface area contributed by atoms with E-state index in [2.05, 4.69) is 6.07 Å². The minimum absolute atomic E-state index is 0. The molecule has 0 aliphatic carbocycles. The van der Waals surface area contributed by atoms with Gasteiger partial charge in [-0.1, -0.05) is 12.1 Å². The van der Waals surface area contributed by atoms with E-state index in [0.29, 0.717) is 0 Å². The molecule has 0 radical (unpaired) electrons. The van der Waals surface area contributed by atoms with Crippen LogP contribution in [0.5, 0.6) is 0 Å². The van der Waals surface area contributed by atoms with Gasteiger partial charge in [0.25, 0.3) is 0 Å². The molecule has 1 aromatic rings. The van der Waals surface area contributed by atoms with Crippen LogP contribution in [-0.2, 0) is 0 Å². The van der Waals surface area contributed by atoms with Crippen LogP contribution in [0.2, 0.25) is 0 Å². The van der Waals surface area contributed by atoms with Gasteiger partial charge in [-0.2, -0.15) is 18.2 Å². The van der Waals surface area contributed by atoms with E-state index in [9.17, 15) is 10.1 Å². The zero-order valence-corrected chi connectivity index (χ0v) is 5.57. The molecule has 0 aliphatic heterocycles. The first-order valence-corrected chi connectivity index (χ1v) is 2.41. The molecule has 0 saturated heterocycles. The molecule has 0 N–H and O–H groups in total. The summed E-state index contributed by atoms with van der Waals surface area (Å²) in [5.41, 5.74) is 0.105. The summed E-state index contributed by atoms with van der Waals surface area (Å²) >= 11 is 0. The van der Waals surface area contributed by atoms with Crippen LogP contribution in [0.15, 0.2) is 24.3 Å². The molecular weight excluding hydrogens is 125 g/mol. The van der Waals surface area contributed by atoms with Gasteiger partial charge in [0.05, 0.1) is 0 Å². The Bertz CT molecular complexity index is 212. The molecule has 3 nitrogen and oxygen atoms in total. The van der Waals surface area contributed by atoms with Gasteiger partial charge < -0.3 is 0 Å². The van der Waals surface area contributed by atoms with Crippen molar-refractivity contribution in [3.63, 3.8) is 0 Å². The van der Waals surface area contributed by atoms with Crippen LogP contribution in [-0.4, -0.2) is 4.92 Å². The molecule has 0 aromatic heterocycles. The molecule has 0 unspecified atom stereocenters. The molecule has 0 bridgehead atoms. The number of rotatable bonds is 1. The third kappa shape index (κ3) is 2.22. The minimum Gasteiger partial charge on any atom is -0.260 e.